The highest BCUT2D eigenvalue weighted by atomic mass is 31.2. The maximum absolute atomic E-state index is 9.75. The molecule has 0 bridgehead atoms. The lowest BCUT2D eigenvalue weighted by Crippen LogP contribution is -2.02. The third-order valence-electron chi connectivity index (χ3n) is 3.18. The molecule has 0 aliphatic rings. The van der Waals surface area contributed by atoms with Crippen molar-refractivity contribution in [2.75, 3.05) is 26.2 Å². The van der Waals surface area contributed by atoms with Crippen LogP contribution in [-0.4, -0.2) is 33.4 Å². The maximum atomic E-state index is 9.75. The fourth-order valence-corrected chi connectivity index (χ4v) is 3.25. The second kappa shape index (κ2) is 13.8. The van der Waals surface area contributed by atoms with E-state index in [9.17, 15) is 17.3 Å². The first-order chi connectivity index (χ1) is 9.56. The van der Waals surface area contributed by atoms with E-state index in [0.29, 0.717) is 0 Å². The first-order valence-corrected chi connectivity index (χ1v) is 11.6. The summed E-state index contributed by atoms with van der Waals surface area (Å²) in [6.07, 6.45) is 16.1. The Kier molecular flexibility index (Phi) is 15.5. The first kappa shape index (κ1) is 23.5. The molecule has 0 fully saturated rings. The van der Waals surface area contributed by atoms with Crippen molar-refractivity contribution in [3.8, 4) is 0 Å². The third kappa shape index (κ3) is 38.4. The number of rotatable bonds is 11. The molecule has 0 saturated carbocycles. The van der Waals surface area contributed by atoms with Gasteiger partial charge in [-0.3, -0.25) is 0 Å². The van der Waals surface area contributed by atoms with Gasteiger partial charge in [-0.1, -0.05) is 58.3 Å². The van der Waals surface area contributed by atoms with E-state index < -0.39 is 14.5 Å². The molecule has 0 unspecified atom stereocenters. The molecule has 0 N–H and O–H groups in total. The largest absolute Gasteiger partial charge is 0.673 e. The Morgan fingerprint density at radius 2 is 0.905 bits per heavy atom. The van der Waals surface area contributed by atoms with Gasteiger partial charge in [0.05, 0.1) is 6.16 Å². The Bertz CT molecular complexity index is 209. The molecule has 0 aromatic heterocycles. The van der Waals surface area contributed by atoms with Crippen LogP contribution in [0.2, 0.25) is 0 Å². The van der Waals surface area contributed by atoms with Crippen molar-refractivity contribution in [3.63, 3.8) is 0 Å². The van der Waals surface area contributed by atoms with Gasteiger partial charge in [0.1, 0.15) is 0 Å². The molecule has 0 aromatic rings. The van der Waals surface area contributed by atoms with Crippen molar-refractivity contribution in [2.45, 2.75) is 71.1 Å². The van der Waals surface area contributed by atoms with Crippen LogP contribution >= 0.6 is 7.26 Å². The molecule has 0 atom stereocenters. The first-order valence-electron chi connectivity index (χ1n) is 8.24. The summed E-state index contributed by atoms with van der Waals surface area (Å²) < 4.78 is 39.0. The summed E-state index contributed by atoms with van der Waals surface area (Å²) in [5, 5.41) is 0. The molecule has 0 saturated heterocycles. The van der Waals surface area contributed by atoms with Gasteiger partial charge in [-0.05, 0) is 12.8 Å². The van der Waals surface area contributed by atoms with E-state index in [1.807, 2.05) is 0 Å². The SMILES string of the molecule is CCCCCCCCCCCC[P+](C)(C)C.F[B-](F)(F)F. The van der Waals surface area contributed by atoms with Crippen LogP contribution in [-0.2, 0) is 0 Å². The minimum Gasteiger partial charge on any atom is -0.418 e. The Balaban J connectivity index is 0. The summed E-state index contributed by atoms with van der Waals surface area (Å²) in [5.41, 5.74) is 0. The average molecular weight is 332 g/mol. The average Bonchev–Trinajstić information content (AvgIpc) is 2.28. The van der Waals surface area contributed by atoms with Gasteiger partial charge >= 0.3 is 7.25 Å². The summed E-state index contributed by atoms with van der Waals surface area (Å²) in [6, 6.07) is 0. The minimum atomic E-state index is -6.00. The molecule has 0 nitrogen and oxygen atoms in total. The maximum Gasteiger partial charge on any atom is 0.673 e. The van der Waals surface area contributed by atoms with Crippen LogP contribution in [0.4, 0.5) is 17.3 Å². The predicted octanol–water partition coefficient (Wildman–Crippen LogP) is 7.11. The number of hydrogen-bond acceptors (Lipinski definition) is 0. The summed E-state index contributed by atoms with van der Waals surface area (Å²) >= 11 is 0. The zero-order valence-corrected chi connectivity index (χ0v) is 15.2. The predicted molar refractivity (Wildman–Crippen MR) is 91.6 cm³/mol. The summed E-state index contributed by atoms with van der Waals surface area (Å²) in [7, 11) is -6.49. The number of hydrogen-bond donors (Lipinski definition) is 0. The van der Waals surface area contributed by atoms with Crippen LogP contribution in [0.3, 0.4) is 0 Å². The number of halogens is 4. The van der Waals surface area contributed by atoms with E-state index in [4.69, 9.17) is 0 Å². The summed E-state index contributed by atoms with van der Waals surface area (Å²) in [4.78, 5) is 0. The van der Waals surface area contributed by atoms with Gasteiger partial charge < -0.3 is 17.3 Å². The van der Waals surface area contributed by atoms with Crippen molar-refractivity contribution in [3.05, 3.63) is 0 Å². The molecule has 0 aromatic carbocycles. The number of unbranched alkanes of at least 4 members (excludes halogenated alkanes) is 9. The van der Waals surface area contributed by atoms with Gasteiger partial charge in [0.15, 0.2) is 0 Å². The summed E-state index contributed by atoms with van der Waals surface area (Å²) in [6.45, 7) is 9.67. The Hall–Kier alpha value is 0.215. The molecular formula is C15H34BF4P. The van der Waals surface area contributed by atoms with Crippen LogP contribution in [0, 0.1) is 0 Å². The van der Waals surface area contributed by atoms with Crippen LogP contribution in [0.1, 0.15) is 71.1 Å². The van der Waals surface area contributed by atoms with Crippen molar-refractivity contribution >= 4 is 14.5 Å². The second-order valence-corrected chi connectivity index (χ2v) is 11.7. The minimum absolute atomic E-state index is 0.490. The fourth-order valence-electron chi connectivity index (χ4n) is 2.07. The lowest BCUT2D eigenvalue weighted by atomic mass is 10.1. The van der Waals surface area contributed by atoms with Gasteiger partial charge in [0.25, 0.3) is 0 Å². The molecule has 0 heterocycles. The normalized spacial score (nSPS) is 12.0. The van der Waals surface area contributed by atoms with Gasteiger partial charge in [-0.2, -0.15) is 0 Å². The topological polar surface area (TPSA) is 0 Å². The standard InChI is InChI=1S/C15H34P.BF4/c1-5-6-7-8-9-10-11-12-13-14-15-16(2,3)4;2-1(3,4)5/h5-15H2,1-4H3;/q+1;-1. The highest BCUT2D eigenvalue weighted by Gasteiger charge is 2.20. The van der Waals surface area contributed by atoms with Gasteiger partial charge in [-0.25, -0.2) is 0 Å². The molecule has 0 spiro atoms. The Morgan fingerprint density at radius 1 is 0.619 bits per heavy atom. The van der Waals surface area contributed by atoms with Crippen LogP contribution in [0.25, 0.3) is 0 Å². The van der Waals surface area contributed by atoms with Gasteiger partial charge in [-0.15, -0.1) is 0 Å². The van der Waals surface area contributed by atoms with E-state index in [1.54, 1.807) is 0 Å². The zero-order chi connectivity index (χ0) is 16.8. The molecule has 0 aliphatic heterocycles. The van der Waals surface area contributed by atoms with Crippen molar-refractivity contribution in [2.24, 2.45) is 0 Å². The van der Waals surface area contributed by atoms with E-state index in [0.717, 1.165) is 0 Å². The molecule has 21 heavy (non-hydrogen) atoms. The summed E-state index contributed by atoms with van der Waals surface area (Å²) in [5.74, 6) is 0. The van der Waals surface area contributed by atoms with E-state index >= 15 is 0 Å². The molecule has 0 radical (unpaired) electrons. The van der Waals surface area contributed by atoms with Gasteiger partial charge in [0, 0.05) is 27.3 Å². The smallest absolute Gasteiger partial charge is 0.418 e. The molecule has 0 amide bonds. The Labute approximate surface area is 129 Å². The third-order valence-corrected chi connectivity index (χ3v) is 4.84. The highest BCUT2D eigenvalue weighted by Crippen LogP contribution is 2.47. The molecule has 6 heteroatoms. The molecule has 130 valence electrons. The van der Waals surface area contributed by atoms with E-state index in [1.165, 1.54) is 70.4 Å². The quantitative estimate of drug-likeness (QED) is 0.164. The van der Waals surface area contributed by atoms with Crippen LogP contribution < -0.4 is 0 Å². The lowest BCUT2D eigenvalue weighted by Gasteiger charge is -2.10. The van der Waals surface area contributed by atoms with Crippen LogP contribution in [0.15, 0.2) is 0 Å². The molecular weight excluding hydrogens is 298 g/mol. The Morgan fingerprint density at radius 3 is 1.19 bits per heavy atom. The lowest BCUT2D eigenvalue weighted by molar-refractivity contribution is 0.368. The van der Waals surface area contributed by atoms with E-state index in [2.05, 4.69) is 26.9 Å². The second-order valence-electron chi connectivity index (χ2n) is 6.69. The monoisotopic (exact) mass is 332 g/mol. The van der Waals surface area contributed by atoms with Crippen LogP contribution in [0.5, 0.6) is 0 Å². The van der Waals surface area contributed by atoms with Gasteiger partial charge in [0.2, 0.25) is 0 Å². The van der Waals surface area contributed by atoms with Crippen molar-refractivity contribution in [1.82, 2.24) is 0 Å². The van der Waals surface area contributed by atoms with Crippen molar-refractivity contribution < 1.29 is 17.3 Å². The fraction of sp³-hybridized carbons (Fsp3) is 1.00. The zero-order valence-electron chi connectivity index (χ0n) is 14.3. The van der Waals surface area contributed by atoms with Crippen molar-refractivity contribution in [1.29, 1.82) is 0 Å². The van der Waals surface area contributed by atoms with E-state index in [-0.39, 0.29) is 0 Å². The highest BCUT2D eigenvalue weighted by molar-refractivity contribution is 7.73. The molecule has 0 rings (SSSR count). The molecule has 0 aliphatic carbocycles.